The van der Waals surface area contributed by atoms with Crippen LogP contribution < -0.4 is 0 Å². The van der Waals surface area contributed by atoms with Gasteiger partial charge in [0.2, 0.25) is 5.82 Å². The predicted molar refractivity (Wildman–Crippen MR) is 69.7 cm³/mol. The first-order chi connectivity index (χ1) is 8.83. The summed E-state index contributed by atoms with van der Waals surface area (Å²) < 4.78 is 5.44. The molecule has 18 heavy (non-hydrogen) atoms. The van der Waals surface area contributed by atoms with Gasteiger partial charge in [0.05, 0.1) is 0 Å². The van der Waals surface area contributed by atoms with Crippen LogP contribution in [0, 0.1) is 0 Å². The van der Waals surface area contributed by atoms with Gasteiger partial charge in [-0.25, -0.2) is 14.8 Å². The first-order valence-electron chi connectivity index (χ1n) is 6.24. The second kappa shape index (κ2) is 5.02. The van der Waals surface area contributed by atoms with Crippen LogP contribution in [0.4, 0.5) is 0 Å². The number of esters is 1. The molecule has 0 N–H and O–H groups in total. The van der Waals surface area contributed by atoms with Crippen molar-refractivity contribution in [2.75, 3.05) is 0 Å². The third kappa shape index (κ3) is 2.36. The van der Waals surface area contributed by atoms with Crippen molar-refractivity contribution in [1.82, 2.24) is 9.97 Å². The highest BCUT2D eigenvalue weighted by atomic mass is 32.1. The number of hydrogen-bond donors (Lipinski definition) is 0. The number of rotatable bonds is 2. The molecule has 3 rings (SSSR count). The van der Waals surface area contributed by atoms with E-state index in [-0.39, 0.29) is 11.9 Å². The van der Waals surface area contributed by atoms with E-state index in [0.717, 1.165) is 35.9 Å². The summed E-state index contributed by atoms with van der Waals surface area (Å²) in [5, 5.41) is 2.91. The Morgan fingerprint density at radius 3 is 3.00 bits per heavy atom. The van der Waals surface area contributed by atoms with Crippen LogP contribution in [0.1, 0.15) is 42.7 Å². The van der Waals surface area contributed by atoms with Crippen molar-refractivity contribution >= 4 is 27.5 Å². The standard InChI is InChI=1S/C13H14N2O2S/c16-13(17-10-4-2-1-3-5-10)11-14-8-9-6-7-18-12(9)15-11/h6-8,10H,1-5H2. The van der Waals surface area contributed by atoms with Gasteiger partial charge < -0.3 is 4.74 Å². The molecule has 2 heterocycles. The van der Waals surface area contributed by atoms with Gasteiger partial charge in [0.25, 0.3) is 0 Å². The van der Waals surface area contributed by atoms with E-state index in [1.807, 2.05) is 11.4 Å². The molecule has 0 aromatic carbocycles. The number of nitrogens with zero attached hydrogens (tertiary/aromatic N) is 2. The van der Waals surface area contributed by atoms with Gasteiger partial charge in [-0.05, 0) is 37.1 Å². The molecule has 0 spiro atoms. The summed E-state index contributed by atoms with van der Waals surface area (Å²) in [6, 6.07) is 1.94. The van der Waals surface area contributed by atoms with Crippen LogP contribution in [0.5, 0.6) is 0 Å². The molecule has 1 aliphatic carbocycles. The van der Waals surface area contributed by atoms with E-state index >= 15 is 0 Å². The molecule has 4 nitrogen and oxygen atoms in total. The van der Waals surface area contributed by atoms with E-state index in [0.29, 0.717) is 0 Å². The van der Waals surface area contributed by atoms with Crippen LogP contribution >= 0.6 is 11.3 Å². The topological polar surface area (TPSA) is 52.1 Å². The predicted octanol–water partition coefficient (Wildman–Crippen LogP) is 3.18. The quantitative estimate of drug-likeness (QED) is 0.780. The Balaban J connectivity index is 1.74. The zero-order valence-corrected chi connectivity index (χ0v) is 10.8. The minimum atomic E-state index is -0.391. The van der Waals surface area contributed by atoms with Crippen LogP contribution in [-0.2, 0) is 4.74 Å². The van der Waals surface area contributed by atoms with Gasteiger partial charge in [-0.2, -0.15) is 0 Å². The van der Waals surface area contributed by atoms with Gasteiger partial charge in [-0.1, -0.05) is 6.42 Å². The average molecular weight is 262 g/mol. The molecule has 0 aliphatic heterocycles. The molecule has 1 fully saturated rings. The monoisotopic (exact) mass is 262 g/mol. The summed E-state index contributed by atoms with van der Waals surface area (Å²) in [5.41, 5.74) is 0. The van der Waals surface area contributed by atoms with E-state index in [4.69, 9.17) is 4.74 Å². The average Bonchev–Trinajstić information content (AvgIpc) is 2.87. The Morgan fingerprint density at radius 1 is 1.33 bits per heavy atom. The van der Waals surface area contributed by atoms with Crippen LogP contribution in [-0.4, -0.2) is 22.0 Å². The number of aromatic nitrogens is 2. The van der Waals surface area contributed by atoms with Crippen LogP contribution in [0.2, 0.25) is 0 Å². The highest BCUT2D eigenvalue weighted by Crippen LogP contribution is 2.22. The molecule has 94 valence electrons. The lowest BCUT2D eigenvalue weighted by Crippen LogP contribution is -2.22. The number of ether oxygens (including phenoxy) is 1. The Bertz CT molecular complexity index is 561. The van der Waals surface area contributed by atoms with Crippen LogP contribution in [0.3, 0.4) is 0 Å². The molecule has 1 aliphatic rings. The number of carbonyl (C=O) groups is 1. The fourth-order valence-electron chi connectivity index (χ4n) is 2.24. The van der Waals surface area contributed by atoms with Crippen molar-refractivity contribution in [3.8, 4) is 0 Å². The fraction of sp³-hybridized carbons (Fsp3) is 0.462. The van der Waals surface area contributed by atoms with Gasteiger partial charge in [0.1, 0.15) is 10.9 Å². The number of hydrogen-bond acceptors (Lipinski definition) is 5. The van der Waals surface area contributed by atoms with Crippen LogP contribution in [0.25, 0.3) is 10.2 Å². The van der Waals surface area contributed by atoms with Crippen molar-refractivity contribution < 1.29 is 9.53 Å². The summed E-state index contributed by atoms with van der Waals surface area (Å²) in [4.78, 5) is 21.1. The summed E-state index contributed by atoms with van der Waals surface area (Å²) in [6.07, 6.45) is 7.18. The molecule has 2 aromatic rings. The van der Waals surface area contributed by atoms with Crippen LogP contribution in [0.15, 0.2) is 17.6 Å². The molecule has 0 radical (unpaired) electrons. The number of thiophene rings is 1. The number of fused-ring (bicyclic) bond motifs is 1. The molecule has 0 amide bonds. The maximum Gasteiger partial charge on any atom is 0.376 e. The van der Waals surface area contributed by atoms with Crippen molar-refractivity contribution in [3.63, 3.8) is 0 Å². The van der Waals surface area contributed by atoms with E-state index < -0.39 is 5.97 Å². The zero-order chi connectivity index (χ0) is 12.4. The van der Waals surface area contributed by atoms with E-state index in [1.165, 1.54) is 17.8 Å². The molecule has 0 saturated heterocycles. The third-order valence-corrected chi connectivity index (χ3v) is 4.04. The smallest absolute Gasteiger partial charge is 0.376 e. The third-order valence-electron chi connectivity index (χ3n) is 3.22. The Kier molecular flexibility index (Phi) is 3.23. The highest BCUT2D eigenvalue weighted by molar-refractivity contribution is 7.16. The summed E-state index contributed by atoms with van der Waals surface area (Å²) in [7, 11) is 0. The van der Waals surface area contributed by atoms with Gasteiger partial charge in [0, 0.05) is 11.6 Å². The van der Waals surface area contributed by atoms with Gasteiger partial charge in [-0.15, -0.1) is 11.3 Å². The minimum absolute atomic E-state index is 0.0499. The molecule has 0 bridgehead atoms. The maximum atomic E-state index is 11.9. The summed E-state index contributed by atoms with van der Waals surface area (Å²) in [6.45, 7) is 0. The van der Waals surface area contributed by atoms with E-state index in [9.17, 15) is 4.79 Å². The van der Waals surface area contributed by atoms with Crippen molar-refractivity contribution in [1.29, 1.82) is 0 Å². The molecule has 1 saturated carbocycles. The first-order valence-corrected chi connectivity index (χ1v) is 7.12. The van der Waals surface area contributed by atoms with E-state index in [1.54, 1.807) is 6.20 Å². The normalized spacial score (nSPS) is 16.9. The molecule has 5 heteroatoms. The molecular weight excluding hydrogens is 248 g/mol. The molecule has 0 unspecified atom stereocenters. The summed E-state index contributed by atoms with van der Waals surface area (Å²) in [5.74, 6) is -0.215. The van der Waals surface area contributed by atoms with Crippen molar-refractivity contribution in [2.45, 2.75) is 38.2 Å². The number of carbonyl (C=O) groups excluding carboxylic acids is 1. The Labute approximate surface area is 109 Å². The maximum absolute atomic E-state index is 11.9. The second-order valence-electron chi connectivity index (χ2n) is 4.54. The first kappa shape index (κ1) is 11.6. The summed E-state index contributed by atoms with van der Waals surface area (Å²) >= 11 is 1.51. The SMILES string of the molecule is O=C(OC1CCCCC1)c1ncc2ccsc2n1. The second-order valence-corrected chi connectivity index (χ2v) is 5.43. The fourth-order valence-corrected chi connectivity index (χ4v) is 2.98. The minimum Gasteiger partial charge on any atom is -0.456 e. The molecule has 0 atom stereocenters. The van der Waals surface area contributed by atoms with Crippen molar-refractivity contribution in [3.05, 3.63) is 23.5 Å². The lowest BCUT2D eigenvalue weighted by atomic mass is 9.98. The lowest BCUT2D eigenvalue weighted by Gasteiger charge is -2.21. The van der Waals surface area contributed by atoms with Crippen molar-refractivity contribution in [2.24, 2.45) is 0 Å². The highest BCUT2D eigenvalue weighted by Gasteiger charge is 2.20. The lowest BCUT2D eigenvalue weighted by molar-refractivity contribution is 0.0198. The molecular formula is C13H14N2O2S. The Hall–Kier alpha value is -1.49. The van der Waals surface area contributed by atoms with Gasteiger partial charge in [0.15, 0.2) is 0 Å². The zero-order valence-electron chi connectivity index (χ0n) is 9.96. The van der Waals surface area contributed by atoms with Gasteiger partial charge in [-0.3, -0.25) is 0 Å². The van der Waals surface area contributed by atoms with Gasteiger partial charge >= 0.3 is 5.97 Å². The largest absolute Gasteiger partial charge is 0.456 e. The Morgan fingerprint density at radius 2 is 2.17 bits per heavy atom. The van der Waals surface area contributed by atoms with E-state index in [2.05, 4.69) is 9.97 Å². The molecule has 2 aromatic heterocycles.